The topological polar surface area (TPSA) is 50.5 Å². The van der Waals surface area contributed by atoms with E-state index in [1.807, 2.05) is 79.7 Å². The second-order valence-corrected chi connectivity index (χ2v) is 5.53. The molecule has 120 valence electrons. The third kappa shape index (κ3) is 3.10. The highest BCUT2D eigenvalue weighted by molar-refractivity contribution is 5.92. The molecule has 0 radical (unpaired) electrons. The number of rotatable bonds is 5. The molecule has 0 atom stereocenters. The van der Waals surface area contributed by atoms with E-state index in [0.29, 0.717) is 17.1 Å². The molecular formula is C19H18N4O. The first-order valence-corrected chi connectivity index (χ1v) is 7.60. The normalized spacial score (nSPS) is 10.9. The number of carbonyl (C=O) groups excluding carboxylic acids is 1. The molecule has 0 aliphatic heterocycles. The van der Waals surface area contributed by atoms with Gasteiger partial charge in [0.15, 0.2) is 12.1 Å². The molecule has 2 aromatic carbocycles. The fourth-order valence-electron chi connectivity index (χ4n) is 2.38. The molecule has 0 unspecified atom stereocenters. The van der Waals surface area contributed by atoms with Crippen LogP contribution in [0.5, 0.6) is 0 Å². The number of benzene rings is 2. The number of aromatic nitrogens is 2. The van der Waals surface area contributed by atoms with E-state index in [0.717, 1.165) is 17.5 Å². The molecule has 3 aromatic rings. The molecule has 0 fully saturated rings. The molecule has 1 heterocycles. The van der Waals surface area contributed by atoms with Crippen molar-refractivity contribution in [1.29, 1.82) is 0 Å². The van der Waals surface area contributed by atoms with Gasteiger partial charge in [0.1, 0.15) is 5.69 Å². The lowest BCUT2D eigenvalue weighted by Gasteiger charge is -2.06. The molecule has 24 heavy (non-hydrogen) atoms. The van der Waals surface area contributed by atoms with Crippen molar-refractivity contribution >= 4 is 18.4 Å². The Hall–Kier alpha value is -3.21. The highest BCUT2D eigenvalue weighted by Gasteiger charge is 2.19. The Balaban J connectivity index is 2.24. The number of hydrogen-bond acceptors (Lipinski definition) is 3. The average Bonchev–Trinajstić information content (AvgIpc) is 3.00. The van der Waals surface area contributed by atoms with Gasteiger partial charge < -0.3 is 4.90 Å². The van der Waals surface area contributed by atoms with Gasteiger partial charge >= 0.3 is 0 Å². The van der Waals surface area contributed by atoms with Gasteiger partial charge in [0.2, 0.25) is 0 Å². The van der Waals surface area contributed by atoms with Crippen molar-refractivity contribution in [3.63, 3.8) is 0 Å². The van der Waals surface area contributed by atoms with Crippen LogP contribution >= 0.6 is 0 Å². The van der Waals surface area contributed by atoms with Gasteiger partial charge in [0.25, 0.3) is 0 Å². The van der Waals surface area contributed by atoms with Crippen molar-refractivity contribution in [2.45, 2.75) is 0 Å². The molecule has 1 aromatic heterocycles. The molecule has 3 rings (SSSR count). The van der Waals surface area contributed by atoms with Gasteiger partial charge in [-0.1, -0.05) is 48.5 Å². The first kappa shape index (κ1) is 15.7. The molecule has 0 saturated carbocycles. The SMILES string of the molecule is CN(C)/C=N/c1c(C=O)c(-c2ccccc2)nn1-c1ccccc1. The maximum atomic E-state index is 11.8. The summed E-state index contributed by atoms with van der Waals surface area (Å²) >= 11 is 0. The summed E-state index contributed by atoms with van der Waals surface area (Å²) in [5.74, 6) is 0.517. The number of para-hydroxylation sites is 1. The van der Waals surface area contributed by atoms with E-state index >= 15 is 0 Å². The van der Waals surface area contributed by atoms with Crippen LogP contribution in [-0.2, 0) is 0 Å². The monoisotopic (exact) mass is 318 g/mol. The first-order chi connectivity index (χ1) is 11.7. The summed E-state index contributed by atoms with van der Waals surface area (Å²) in [5, 5.41) is 4.65. The predicted octanol–water partition coefficient (Wildman–Crippen LogP) is 3.57. The second-order valence-electron chi connectivity index (χ2n) is 5.53. The minimum Gasteiger partial charge on any atom is -0.369 e. The van der Waals surface area contributed by atoms with E-state index in [-0.39, 0.29) is 0 Å². The van der Waals surface area contributed by atoms with Crippen molar-refractivity contribution in [1.82, 2.24) is 14.7 Å². The Labute approximate surface area is 140 Å². The Morgan fingerprint density at radius 2 is 1.62 bits per heavy atom. The molecule has 0 bridgehead atoms. The zero-order valence-corrected chi connectivity index (χ0v) is 13.6. The van der Waals surface area contributed by atoms with E-state index < -0.39 is 0 Å². The van der Waals surface area contributed by atoms with Crippen molar-refractivity contribution in [2.75, 3.05) is 14.1 Å². The molecule has 0 saturated heterocycles. The third-order valence-electron chi connectivity index (χ3n) is 3.47. The number of aldehydes is 1. The van der Waals surface area contributed by atoms with Crippen LogP contribution in [0.15, 0.2) is 65.7 Å². The maximum absolute atomic E-state index is 11.8. The van der Waals surface area contributed by atoms with Gasteiger partial charge in [-0.05, 0) is 12.1 Å². The molecule has 0 amide bonds. The molecule has 0 N–H and O–H groups in total. The lowest BCUT2D eigenvalue weighted by atomic mass is 10.1. The zero-order valence-electron chi connectivity index (χ0n) is 13.6. The van der Waals surface area contributed by atoms with Crippen molar-refractivity contribution in [3.8, 4) is 16.9 Å². The van der Waals surface area contributed by atoms with Gasteiger partial charge in [-0.25, -0.2) is 9.67 Å². The van der Waals surface area contributed by atoms with Crippen LogP contribution in [0, 0.1) is 0 Å². The molecule has 5 nitrogen and oxygen atoms in total. The van der Waals surface area contributed by atoms with Gasteiger partial charge in [-0.2, -0.15) is 5.10 Å². The molecule has 0 aliphatic rings. The van der Waals surface area contributed by atoms with Crippen molar-refractivity contribution in [2.24, 2.45) is 4.99 Å². The largest absolute Gasteiger partial charge is 0.369 e. The van der Waals surface area contributed by atoms with Crippen LogP contribution in [0.25, 0.3) is 16.9 Å². The minimum atomic E-state index is 0.475. The third-order valence-corrected chi connectivity index (χ3v) is 3.47. The maximum Gasteiger partial charge on any atom is 0.168 e. The number of aliphatic imine (C=N–C) groups is 1. The van der Waals surface area contributed by atoms with Crippen LogP contribution in [0.2, 0.25) is 0 Å². The smallest absolute Gasteiger partial charge is 0.168 e. The number of nitrogens with zero attached hydrogens (tertiary/aromatic N) is 4. The summed E-state index contributed by atoms with van der Waals surface area (Å²) in [7, 11) is 3.76. The zero-order chi connectivity index (χ0) is 16.9. The average molecular weight is 318 g/mol. The second kappa shape index (κ2) is 6.91. The number of hydrogen-bond donors (Lipinski definition) is 0. The van der Waals surface area contributed by atoms with Crippen LogP contribution in [-0.4, -0.2) is 41.4 Å². The van der Waals surface area contributed by atoms with Crippen molar-refractivity contribution in [3.05, 3.63) is 66.2 Å². The summed E-state index contributed by atoms with van der Waals surface area (Å²) in [6.45, 7) is 0. The highest BCUT2D eigenvalue weighted by atomic mass is 16.1. The summed E-state index contributed by atoms with van der Waals surface area (Å²) in [5.41, 5.74) is 2.84. The van der Waals surface area contributed by atoms with Gasteiger partial charge in [0.05, 0.1) is 17.6 Å². The van der Waals surface area contributed by atoms with Gasteiger partial charge in [-0.3, -0.25) is 4.79 Å². The minimum absolute atomic E-state index is 0.475. The lowest BCUT2D eigenvalue weighted by molar-refractivity contribution is 0.112. The summed E-state index contributed by atoms with van der Waals surface area (Å²) in [4.78, 5) is 18.1. The Bertz CT molecular complexity index is 852. The lowest BCUT2D eigenvalue weighted by Crippen LogP contribution is -2.07. The van der Waals surface area contributed by atoms with Crippen LogP contribution in [0.4, 0.5) is 5.82 Å². The Morgan fingerprint density at radius 3 is 2.21 bits per heavy atom. The fraction of sp³-hybridized carbons (Fsp3) is 0.105. The molecule has 0 aliphatic carbocycles. The predicted molar refractivity (Wildman–Crippen MR) is 96.2 cm³/mol. The van der Waals surface area contributed by atoms with E-state index in [4.69, 9.17) is 0 Å². The standard InChI is InChI=1S/C19H18N4O/c1-22(2)14-20-19-17(13-24)18(15-9-5-3-6-10-15)21-23(19)16-11-7-4-8-12-16/h3-14H,1-2H3/b20-14+. The van der Waals surface area contributed by atoms with Crippen LogP contribution < -0.4 is 0 Å². The van der Waals surface area contributed by atoms with E-state index in [1.165, 1.54) is 0 Å². The summed E-state index contributed by atoms with van der Waals surface area (Å²) < 4.78 is 1.70. The van der Waals surface area contributed by atoms with E-state index in [2.05, 4.69) is 10.1 Å². The summed E-state index contributed by atoms with van der Waals surface area (Å²) in [6.07, 6.45) is 2.48. The highest BCUT2D eigenvalue weighted by Crippen LogP contribution is 2.31. The van der Waals surface area contributed by atoms with E-state index in [1.54, 1.807) is 11.0 Å². The van der Waals surface area contributed by atoms with Crippen molar-refractivity contribution < 1.29 is 4.79 Å². The fourth-order valence-corrected chi connectivity index (χ4v) is 2.38. The number of carbonyl (C=O) groups is 1. The molecule has 5 heteroatoms. The van der Waals surface area contributed by atoms with Gasteiger partial charge in [0, 0.05) is 19.7 Å². The van der Waals surface area contributed by atoms with Crippen LogP contribution in [0.1, 0.15) is 10.4 Å². The molecule has 0 spiro atoms. The first-order valence-electron chi connectivity index (χ1n) is 7.60. The quantitative estimate of drug-likeness (QED) is 0.410. The Morgan fingerprint density at radius 1 is 1.00 bits per heavy atom. The van der Waals surface area contributed by atoms with Gasteiger partial charge in [-0.15, -0.1) is 0 Å². The Kier molecular flexibility index (Phi) is 4.52. The summed E-state index contributed by atoms with van der Waals surface area (Å²) in [6, 6.07) is 19.3. The molecular weight excluding hydrogens is 300 g/mol. The van der Waals surface area contributed by atoms with E-state index in [9.17, 15) is 4.79 Å². The van der Waals surface area contributed by atoms with Crippen LogP contribution in [0.3, 0.4) is 0 Å².